The van der Waals surface area contributed by atoms with Gasteiger partial charge in [-0.25, -0.2) is 4.98 Å². The zero-order valence-electron chi connectivity index (χ0n) is 11.6. The van der Waals surface area contributed by atoms with Crippen LogP contribution < -0.4 is 0 Å². The summed E-state index contributed by atoms with van der Waals surface area (Å²) in [4.78, 5) is 4.50. The molecule has 0 unspecified atom stereocenters. The van der Waals surface area contributed by atoms with Gasteiger partial charge in [-0.15, -0.1) is 0 Å². The Hall–Kier alpha value is -2.87. The van der Waals surface area contributed by atoms with Crippen LogP contribution in [0.2, 0.25) is 0 Å². The normalized spacial score (nSPS) is 10.3. The zero-order valence-corrected chi connectivity index (χ0v) is 11.6. The summed E-state index contributed by atoms with van der Waals surface area (Å²) >= 11 is 0. The molecule has 1 aromatic heterocycles. The highest BCUT2D eigenvalue weighted by atomic mass is 16.4. The predicted molar refractivity (Wildman–Crippen MR) is 87.6 cm³/mol. The van der Waals surface area contributed by atoms with Crippen LogP contribution in [0.4, 0.5) is 0 Å². The predicted octanol–water partition coefficient (Wildman–Crippen LogP) is 5.29. The summed E-state index contributed by atoms with van der Waals surface area (Å²) in [5.74, 6) is 1.22. The number of hydrogen-bond acceptors (Lipinski definition) is 2. The first-order chi connectivity index (χ1) is 10.3. The second kappa shape index (κ2) is 5.63. The maximum Gasteiger partial charge on any atom is 0.227 e. The van der Waals surface area contributed by atoms with Crippen LogP contribution in [0.15, 0.2) is 72.2 Å². The molecule has 0 bridgehead atoms. The molecular weight excluding hydrogens is 258 g/mol. The Labute approximate surface area is 124 Å². The summed E-state index contributed by atoms with van der Waals surface area (Å²) in [6, 6.07) is 18.3. The minimum Gasteiger partial charge on any atom is -0.436 e. The standard InChI is InChI=1S/C19H15NO/c1-3-17-18(4-2)21-19(20-17)16-13-9-8-12-15(16)14-10-6-5-7-11-14/h3-13H,1-2H2. The van der Waals surface area contributed by atoms with Crippen LogP contribution in [0.25, 0.3) is 34.7 Å². The van der Waals surface area contributed by atoms with Crippen molar-refractivity contribution in [3.8, 4) is 22.6 Å². The van der Waals surface area contributed by atoms with Gasteiger partial charge in [0.15, 0.2) is 5.76 Å². The molecule has 1 heterocycles. The Bertz CT molecular complexity index is 759. The Balaban J connectivity index is 2.18. The van der Waals surface area contributed by atoms with Crippen LogP contribution >= 0.6 is 0 Å². The molecule has 2 heteroatoms. The Kier molecular flexibility index (Phi) is 3.52. The highest BCUT2D eigenvalue weighted by Gasteiger charge is 2.14. The van der Waals surface area contributed by atoms with E-state index in [0.29, 0.717) is 17.3 Å². The minimum absolute atomic E-state index is 0.583. The number of aromatic nitrogens is 1. The Morgan fingerprint density at radius 3 is 2.10 bits per heavy atom. The van der Waals surface area contributed by atoms with E-state index in [1.807, 2.05) is 36.4 Å². The van der Waals surface area contributed by atoms with Crippen LogP contribution in [-0.4, -0.2) is 4.98 Å². The first-order valence-electron chi connectivity index (χ1n) is 6.74. The number of benzene rings is 2. The Morgan fingerprint density at radius 1 is 0.810 bits per heavy atom. The topological polar surface area (TPSA) is 26.0 Å². The van der Waals surface area contributed by atoms with Crippen molar-refractivity contribution in [1.82, 2.24) is 4.98 Å². The number of rotatable bonds is 4. The van der Waals surface area contributed by atoms with Crippen molar-refractivity contribution in [1.29, 1.82) is 0 Å². The summed E-state index contributed by atoms with van der Waals surface area (Å²) in [5, 5.41) is 0. The lowest BCUT2D eigenvalue weighted by atomic mass is 10.00. The molecule has 0 radical (unpaired) electrons. The van der Waals surface area contributed by atoms with E-state index in [2.05, 4.69) is 36.3 Å². The fourth-order valence-corrected chi connectivity index (χ4v) is 2.29. The van der Waals surface area contributed by atoms with Crippen LogP contribution in [0, 0.1) is 0 Å². The van der Waals surface area contributed by atoms with Gasteiger partial charge in [-0.2, -0.15) is 0 Å². The molecule has 2 aromatic carbocycles. The highest BCUT2D eigenvalue weighted by Crippen LogP contribution is 2.32. The molecule has 102 valence electrons. The molecule has 0 aliphatic heterocycles. The molecule has 0 N–H and O–H groups in total. The van der Waals surface area contributed by atoms with E-state index in [1.165, 1.54) is 0 Å². The quantitative estimate of drug-likeness (QED) is 0.645. The van der Waals surface area contributed by atoms with Gasteiger partial charge in [0.05, 0.1) is 0 Å². The van der Waals surface area contributed by atoms with Crippen molar-refractivity contribution >= 4 is 12.2 Å². The van der Waals surface area contributed by atoms with E-state index in [0.717, 1.165) is 16.7 Å². The fourth-order valence-electron chi connectivity index (χ4n) is 2.29. The molecule has 3 aromatic rings. The first kappa shape index (κ1) is 13.1. The monoisotopic (exact) mass is 273 g/mol. The lowest BCUT2D eigenvalue weighted by Gasteiger charge is -2.06. The van der Waals surface area contributed by atoms with E-state index < -0.39 is 0 Å². The summed E-state index contributed by atoms with van der Waals surface area (Å²) in [6.07, 6.45) is 3.33. The van der Waals surface area contributed by atoms with Crippen molar-refractivity contribution in [3.05, 3.63) is 79.2 Å². The smallest absolute Gasteiger partial charge is 0.227 e. The summed E-state index contributed by atoms with van der Waals surface area (Å²) in [7, 11) is 0. The second-order valence-corrected chi connectivity index (χ2v) is 4.59. The van der Waals surface area contributed by atoms with Crippen LogP contribution in [0.1, 0.15) is 11.5 Å². The highest BCUT2D eigenvalue weighted by molar-refractivity contribution is 5.80. The average Bonchev–Trinajstić information content (AvgIpc) is 2.99. The van der Waals surface area contributed by atoms with Gasteiger partial charge < -0.3 is 4.42 Å². The van der Waals surface area contributed by atoms with Gasteiger partial charge in [0.25, 0.3) is 0 Å². The van der Waals surface area contributed by atoms with Crippen LogP contribution in [-0.2, 0) is 0 Å². The van der Waals surface area contributed by atoms with E-state index in [-0.39, 0.29) is 0 Å². The molecule has 2 nitrogen and oxygen atoms in total. The summed E-state index contributed by atoms with van der Waals surface area (Å²) in [6.45, 7) is 7.50. The fraction of sp³-hybridized carbons (Fsp3) is 0. The largest absolute Gasteiger partial charge is 0.436 e. The van der Waals surface area contributed by atoms with E-state index in [9.17, 15) is 0 Å². The van der Waals surface area contributed by atoms with Crippen molar-refractivity contribution in [2.75, 3.05) is 0 Å². The van der Waals surface area contributed by atoms with Gasteiger partial charge in [0, 0.05) is 5.56 Å². The SMILES string of the molecule is C=Cc1nc(-c2ccccc2-c2ccccc2)oc1C=C. The van der Waals surface area contributed by atoms with E-state index in [1.54, 1.807) is 12.2 Å². The third-order valence-corrected chi connectivity index (χ3v) is 3.30. The Morgan fingerprint density at radius 2 is 1.48 bits per heavy atom. The molecule has 0 spiro atoms. The molecule has 0 aliphatic carbocycles. The molecule has 0 atom stereocenters. The van der Waals surface area contributed by atoms with Gasteiger partial charge in [-0.1, -0.05) is 61.7 Å². The maximum absolute atomic E-state index is 5.80. The number of oxazole rings is 1. The molecule has 0 saturated carbocycles. The summed E-state index contributed by atoms with van der Waals surface area (Å²) < 4.78 is 5.80. The van der Waals surface area contributed by atoms with Gasteiger partial charge in [-0.05, 0) is 29.3 Å². The molecule has 0 amide bonds. The van der Waals surface area contributed by atoms with Crippen molar-refractivity contribution in [2.24, 2.45) is 0 Å². The van der Waals surface area contributed by atoms with Gasteiger partial charge in [0.2, 0.25) is 5.89 Å². The molecule has 0 fully saturated rings. The van der Waals surface area contributed by atoms with Crippen molar-refractivity contribution in [3.63, 3.8) is 0 Å². The summed E-state index contributed by atoms with van der Waals surface area (Å²) in [5.41, 5.74) is 3.89. The van der Waals surface area contributed by atoms with Gasteiger partial charge in [-0.3, -0.25) is 0 Å². The van der Waals surface area contributed by atoms with Crippen molar-refractivity contribution in [2.45, 2.75) is 0 Å². The number of hydrogen-bond donors (Lipinski definition) is 0. The van der Waals surface area contributed by atoms with Gasteiger partial charge >= 0.3 is 0 Å². The number of nitrogens with zero attached hydrogens (tertiary/aromatic N) is 1. The molecule has 21 heavy (non-hydrogen) atoms. The minimum atomic E-state index is 0.583. The van der Waals surface area contributed by atoms with Crippen molar-refractivity contribution < 1.29 is 4.42 Å². The molecule has 0 aliphatic rings. The zero-order chi connectivity index (χ0) is 14.7. The first-order valence-corrected chi connectivity index (χ1v) is 6.74. The third kappa shape index (κ3) is 2.43. The van der Waals surface area contributed by atoms with Crippen LogP contribution in [0.5, 0.6) is 0 Å². The molecule has 3 rings (SSSR count). The third-order valence-electron chi connectivity index (χ3n) is 3.30. The van der Waals surface area contributed by atoms with Gasteiger partial charge in [0.1, 0.15) is 5.69 Å². The molecular formula is C19H15NO. The van der Waals surface area contributed by atoms with Crippen LogP contribution in [0.3, 0.4) is 0 Å². The van der Waals surface area contributed by atoms with E-state index in [4.69, 9.17) is 4.42 Å². The maximum atomic E-state index is 5.80. The van der Waals surface area contributed by atoms with E-state index >= 15 is 0 Å². The molecule has 0 saturated heterocycles. The lowest BCUT2D eigenvalue weighted by molar-refractivity contribution is 0.564. The second-order valence-electron chi connectivity index (χ2n) is 4.59. The average molecular weight is 273 g/mol. The lowest BCUT2D eigenvalue weighted by Crippen LogP contribution is -1.84.